The summed E-state index contributed by atoms with van der Waals surface area (Å²) in [5.74, 6) is -1.77. The first-order valence-corrected chi connectivity index (χ1v) is 7.94. The van der Waals surface area contributed by atoms with Crippen LogP contribution in [-0.2, 0) is 25.6 Å². The number of hydrogen-bond donors (Lipinski definition) is 2. The number of nitrogens with zero attached hydrogens (tertiary/aromatic N) is 1. The molecule has 1 spiro atoms. The predicted molar refractivity (Wildman–Crippen MR) is 81.1 cm³/mol. The van der Waals surface area contributed by atoms with E-state index in [4.69, 9.17) is 9.47 Å². The molecule has 7 heteroatoms. The van der Waals surface area contributed by atoms with E-state index >= 15 is 0 Å². The second kappa shape index (κ2) is 7.06. The van der Waals surface area contributed by atoms with Crippen molar-refractivity contribution in [1.82, 2.24) is 15.6 Å². The molecule has 7 nitrogen and oxygen atoms in total. The van der Waals surface area contributed by atoms with Gasteiger partial charge in [0.15, 0.2) is 5.79 Å². The molecule has 1 aromatic rings. The summed E-state index contributed by atoms with van der Waals surface area (Å²) in [5, 5.41) is 5.16. The molecule has 0 bridgehead atoms. The quantitative estimate of drug-likeness (QED) is 0.789. The zero-order valence-corrected chi connectivity index (χ0v) is 12.9. The molecule has 1 aromatic heterocycles. The number of rotatable bonds is 4. The molecule has 0 unspecified atom stereocenters. The summed E-state index contributed by atoms with van der Waals surface area (Å²) < 4.78 is 11.6. The minimum Gasteiger partial charge on any atom is -0.347 e. The minimum atomic E-state index is -0.664. The van der Waals surface area contributed by atoms with Crippen LogP contribution in [0.1, 0.15) is 31.2 Å². The van der Waals surface area contributed by atoms with Gasteiger partial charge in [-0.3, -0.25) is 14.6 Å². The number of aromatic nitrogens is 1. The standard InChI is InChI=1S/C16H21N3O4/c20-14(18-9-12-4-3-7-17-8-12)15(21)19-10-13-11-22-16(23-13)5-1-2-6-16/h3-4,7-8,13H,1-2,5-6,9-11H2,(H,18,20)(H,19,21)/t13-/m1/s1. The van der Waals surface area contributed by atoms with Crippen LogP contribution >= 0.6 is 0 Å². The Morgan fingerprint density at radius 1 is 1.26 bits per heavy atom. The second-order valence-electron chi connectivity index (χ2n) is 5.92. The molecule has 23 heavy (non-hydrogen) atoms. The molecular weight excluding hydrogens is 298 g/mol. The lowest BCUT2D eigenvalue weighted by atomic mass is 10.2. The first kappa shape index (κ1) is 15.9. The average Bonchev–Trinajstić information content (AvgIpc) is 3.21. The van der Waals surface area contributed by atoms with Gasteiger partial charge in [0, 0.05) is 38.3 Å². The largest absolute Gasteiger partial charge is 0.347 e. The smallest absolute Gasteiger partial charge is 0.309 e. The molecular formula is C16H21N3O4. The number of pyridine rings is 1. The molecule has 2 N–H and O–H groups in total. The van der Waals surface area contributed by atoms with E-state index in [2.05, 4.69) is 15.6 Å². The summed E-state index contributed by atoms with van der Waals surface area (Å²) in [5.41, 5.74) is 0.837. The third-order valence-electron chi connectivity index (χ3n) is 4.15. The first-order chi connectivity index (χ1) is 11.2. The van der Waals surface area contributed by atoms with E-state index in [0.29, 0.717) is 6.61 Å². The van der Waals surface area contributed by atoms with E-state index < -0.39 is 17.6 Å². The minimum absolute atomic E-state index is 0.192. The summed E-state index contributed by atoms with van der Waals surface area (Å²) >= 11 is 0. The van der Waals surface area contributed by atoms with Crippen molar-refractivity contribution in [3.63, 3.8) is 0 Å². The van der Waals surface area contributed by atoms with E-state index in [0.717, 1.165) is 31.2 Å². The maximum atomic E-state index is 11.8. The summed E-state index contributed by atoms with van der Waals surface area (Å²) in [7, 11) is 0. The van der Waals surface area contributed by atoms with E-state index in [-0.39, 0.29) is 19.2 Å². The molecule has 124 valence electrons. The highest BCUT2D eigenvalue weighted by atomic mass is 16.7. The average molecular weight is 319 g/mol. The van der Waals surface area contributed by atoms with Gasteiger partial charge >= 0.3 is 11.8 Å². The Bertz CT molecular complexity index is 558. The van der Waals surface area contributed by atoms with E-state index in [1.807, 2.05) is 6.07 Å². The second-order valence-corrected chi connectivity index (χ2v) is 5.92. The van der Waals surface area contributed by atoms with Crippen molar-refractivity contribution in [3.05, 3.63) is 30.1 Å². The van der Waals surface area contributed by atoms with Crippen molar-refractivity contribution < 1.29 is 19.1 Å². The Morgan fingerprint density at radius 3 is 2.78 bits per heavy atom. The van der Waals surface area contributed by atoms with Crippen molar-refractivity contribution in [1.29, 1.82) is 0 Å². The fourth-order valence-corrected chi connectivity index (χ4v) is 2.95. The van der Waals surface area contributed by atoms with Crippen LogP contribution in [0.3, 0.4) is 0 Å². The number of nitrogens with one attached hydrogen (secondary N) is 2. The molecule has 2 fully saturated rings. The molecule has 1 aliphatic carbocycles. The maximum absolute atomic E-state index is 11.8. The summed E-state index contributed by atoms with van der Waals surface area (Å²) in [6, 6.07) is 3.60. The molecule has 2 amide bonds. The van der Waals surface area contributed by atoms with Crippen LogP contribution in [0.15, 0.2) is 24.5 Å². The molecule has 2 aliphatic rings. The summed E-state index contributed by atoms with van der Waals surface area (Å²) in [6.45, 7) is 1.00. The monoisotopic (exact) mass is 319 g/mol. The molecule has 1 saturated heterocycles. The number of hydrogen-bond acceptors (Lipinski definition) is 5. The van der Waals surface area contributed by atoms with Crippen LogP contribution in [0, 0.1) is 0 Å². The Balaban J connectivity index is 1.38. The van der Waals surface area contributed by atoms with Gasteiger partial charge in [0.05, 0.1) is 6.61 Å². The van der Waals surface area contributed by atoms with Gasteiger partial charge in [0.25, 0.3) is 0 Å². The Kier molecular flexibility index (Phi) is 4.88. The maximum Gasteiger partial charge on any atom is 0.309 e. The molecule has 0 radical (unpaired) electrons. The van der Waals surface area contributed by atoms with Gasteiger partial charge in [0.2, 0.25) is 0 Å². The fourth-order valence-electron chi connectivity index (χ4n) is 2.95. The first-order valence-electron chi connectivity index (χ1n) is 7.94. The van der Waals surface area contributed by atoms with Gasteiger partial charge in [-0.1, -0.05) is 6.07 Å². The van der Waals surface area contributed by atoms with E-state index in [9.17, 15) is 9.59 Å². The van der Waals surface area contributed by atoms with E-state index in [1.165, 1.54) is 0 Å². The number of carbonyl (C=O) groups excluding carboxylic acids is 2. The third kappa shape index (κ3) is 4.05. The SMILES string of the molecule is O=C(NCc1cccnc1)C(=O)NC[C@@H]1COC2(CCCC2)O1. The van der Waals surface area contributed by atoms with Crippen molar-refractivity contribution in [3.8, 4) is 0 Å². The predicted octanol–water partition coefficient (Wildman–Crippen LogP) is 0.500. The zero-order chi connectivity index (χ0) is 16.1. The van der Waals surface area contributed by atoms with Gasteiger partial charge in [-0.05, 0) is 24.5 Å². The normalized spacial score (nSPS) is 22.2. The van der Waals surface area contributed by atoms with E-state index in [1.54, 1.807) is 18.5 Å². The molecule has 3 rings (SSSR count). The van der Waals surface area contributed by atoms with Crippen LogP contribution in [0.2, 0.25) is 0 Å². The molecule has 2 heterocycles. The van der Waals surface area contributed by atoms with Crippen LogP contribution in [0.4, 0.5) is 0 Å². The lowest BCUT2D eigenvalue weighted by Crippen LogP contribution is -2.43. The van der Waals surface area contributed by atoms with Crippen LogP contribution in [0.25, 0.3) is 0 Å². The Labute approximate surface area is 134 Å². The van der Waals surface area contributed by atoms with Gasteiger partial charge in [-0.25, -0.2) is 0 Å². The molecule has 1 saturated carbocycles. The van der Waals surface area contributed by atoms with Crippen molar-refractivity contribution in [2.45, 2.75) is 44.1 Å². The van der Waals surface area contributed by atoms with Gasteiger partial charge in [0.1, 0.15) is 6.10 Å². The highest BCUT2D eigenvalue weighted by molar-refractivity contribution is 6.35. The van der Waals surface area contributed by atoms with Crippen LogP contribution in [-0.4, -0.2) is 41.8 Å². The van der Waals surface area contributed by atoms with Crippen LogP contribution in [0.5, 0.6) is 0 Å². The van der Waals surface area contributed by atoms with Gasteiger partial charge in [-0.15, -0.1) is 0 Å². The topological polar surface area (TPSA) is 89.6 Å². The zero-order valence-electron chi connectivity index (χ0n) is 12.9. The van der Waals surface area contributed by atoms with Crippen molar-refractivity contribution in [2.75, 3.05) is 13.2 Å². The van der Waals surface area contributed by atoms with Crippen molar-refractivity contribution >= 4 is 11.8 Å². The highest BCUT2D eigenvalue weighted by Crippen LogP contribution is 2.38. The van der Waals surface area contributed by atoms with Crippen LogP contribution < -0.4 is 10.6 Å². The Hall–Kier alpha value is -1.99. The lowest BCUT2D eigenvalue weighted by molar-refractivity contribution is -0.161. The summed E-state index contributed by atoms with van der Waals surface area (Å²) in [4.78, 5) is 27.5. The van der Waals surface area contributed by atoms with Crippen molar-refractivity contribution in [2.24, 2.45) is 0 Å². The lowest BCUT2D eigenvalue weighted by Gasteiger charge is -2.21. The summed E-state index contributed by atoms with van der Waals surface area (Å²) in [6.07, 6.45) is 7.13. The highest BCUT2D eigenvalue weighted by Gasteiger charge is 2.43. The van der Waals surface area contributed by atoms with Gasteiger partial charge in [-0.2, -0.15) is 0 Å². The molecule has 1 atom stereocenters. The fraction of sp³-hybridized carbons (Fsp3) is 0.562. The third-order valence-corrected chi connectivity index (χ3v) is 4.15. The van der Waals surface area contributed by atoms with Gasteiger partial charge < -0.3 is 20.1 Å². The molecule has 0 aromatic carbocycles. The number of amides is 2. The Morgan fingerprint density at radius 2 is 2.04 bits per heavy atom. The number of ether oxygens (including phenoxy) is 2. The number of carbonyl (C=O) groups is 2. The molecule has 1 aliphatic heterocycles.